The molecule has 0 N–H and O–H groups in total. The van der Waals surface area contributed by atoms with Gasteiger partial charge in [-0.1, -0.05) is 164 Å². The van der Waals surface area contributed by atoms with Crippen LogP contribution >= 0.6 is 0 Å². The standard InChI is InChI=1S/C66H61N3/c1-9-12-22-51(33-34-54-42-53(43-61(67-54)52-25-18-15-19-26-52)49(8)32-31-48(7)50-23-16-14-17-24-50)57-44-55(68-63-28-20-21-45(4)39-59(63)60-41-47(6)29-36-65(60)68)35-38-64(57)69-62(27-13-10-2)56(11-3)58-40-46(5)30-37-66(58)69/h9,11-27,29-44H,3,10,28H2,1-2,4-8H3/b12-9-,27-13-,34-33+,48-31+,49-32+,51-22+. The fourth-order valence-corrected chi connectivity index (χ4v) is 9.55. The highest BCUT2D eigenvalue weighted by atomic mass is 15.0. The zero-order valence-corrected chi connectivity index (χ0v) is 41.1. The molecule has 0 fully saturated rings. The van der Waals surface area contributed by atoms with Crippen molar-refractivity contribution in [1.82, 2.24) is 14.1 Å². The van der Waals surface area contributed by atoms with Crippen molar-refractivity contribution in [2.24, 2.45) is 0 Å². The molecule has 0 saturated carbocycles. The predicted octanol–water partition coefficient (Wildman–Crippen LogP) is 18.0. The molecule has 0 spiro atoms. The van der Waals surface area contributed by atoms with Gasteiger partial charge in [0.2, 0.25) is 0 Å². The Labute approximate surface area is 409 Å². The van der Waals surface area contributed by atoms with E-state index in [4.69, 9.17) is 4.98 Å². The zero-order chi connectivity index (χ0) is 48.0. The number of aromatic nitrogens is 3. The lowest BCUT2D eigenvalue weighted by Gasteiger charge is -2.19. The summed E-state index contributed by atoms with van der Waals surface area (Å²) in [7, 11) is 0. The molecule has 1 aliphatic rings. The molecule has 1 aliphatic carbocycles. The Kier molecular flexibility index (Phi) is 13.7. The van der Waals surface area contributed by atoms with E-state index in [1.807, 2.05) is 6.08 Å². The van der Waals surface area contributed by atoms with Gasteiger partial charge in [0.25, 0.3) is 0 Å². The molecule has 3 aromatic heterocycles. The summed E-state index contributed by atoms with van der Waals surface area (Å²) in [6.45, 7) is 19.5. The van der Waals surface area contributed by atoms with Gasteiger partial charge in [-0.25, -0.2) is 4.98 Å². The van der Waals surface area contributed by atoms with Gasteiger partial charge in [-0.05, 0) is 149 Å². The van der Waals surface area contributed by atoms with E-state index >= 15 is 0 Å². The quantitative estimate of drug-likeness (QED) is 0.106. The molecule has 0 bridgehead atoms. The third-order valence-corrected chi connectivity index (χ3v) is 13.1. The number of aryl methyl sites for hydroxylation is 2. The molecule has 3 nitrogen and oxygen atoms in total. The second kappa shape index (κ2) is 20.5. The molecule has 8 aromatic rings. The SMILES string of the molecule is C=Cc1c(/C=C\CC)n(-c2ccc(-n3c4c(c5cc(C)ccc53)C=C(C)C=CC4)cc2C(/C=C/c2cc(/C(C)=C/C=C(\C)c3ccccc3)cc(-c3ccccc3)n2)=C/C=C\C)c2ccc(C)cc12. The third kappa shape index (κ3) is 9.60. The molecule has 0 saturated heterocycles. The van der Waals surface area contributed by atoms with Crippen LogP contribution in [0.25, 0.3) is 85.5 Å². The molecule has 340 valence electrons. The molecule has 5 aromatic carbocycles. The van der Waals surface area contributed by atoms with E-state index in [0.29, 0.717) is 0 Å². The lowest BCUT2D eigenvalue weighted by atomic mass is 9.99. The van der Waals surface area contributed by atoms with Crippen LogP contribution in [0.2, 0.25) is 0 Å². The van der Waals surface area contributed by atoms with E-state index in [0.717, 1.165) is 80.2 Å². The predicted molar refractivity (Wildman–Crippen MR) is 301 cm³/mol. The lowest BCUT2D eigenvalue weighted by molar-refractivity contribution is 0.996. The van der Waals surface area contributed by atoms with Crippen molar-refractivity contribution in [2.45, 2.75) is 61.3 Å². The first-order valence-electron chi connectivity index (χ1n) is 24.2. The fourth-order valence-electron chi connectivity index (χ4n) is 9.55. The van der Waals surface area contributed by atoms with Gasteiger partial charge in [-0.3, -0.25) is 0 Å². The van der Waals surface area contributed by atoms with Crippen molar-refractivity contribution in [3.8, 4) is 22.6 Å². The van der Waals surface area contributed by atoms with Crippen LogP contribution in [-0.4, -0.2) is 14.1 Å². The molecular formula is C66H61N3. The third-order valence-electron chi connectivity index (χ3n) is 13.1. The highest BCUT2D eigenvalue weighted by Crippen LogP contribution is 2.40. The smallest absolute Gasteiger partial charge is 0.0715 e. The maximum absolute atomic E-state index is 5.31. The first kappa shape index (κ1) is 46.1. The number of pyridine rings is 1. The Morgan fingerprint density at radius 2 is 1.41 bits per heavy atom. The Morgan fingerprint density at radius 3 is 2.12 bits per heavy atom. The number of hydrogen-bond donors (Lipinski definition) is 0. The van der Waals surface area contributed by atoms with Crippen LogP contribution in [0.5, 0.6) is 0 Å². The molecule has 0 radical (unpaired) electrons. The van der Waals surface area contributed by atoms with Crippen molar-refractivity contribution in [1.29, 1.82) is 0 Å². The topological polar surface area (TPSA) is 22.8 Å². The van der Waals surface area contributed by atoms with E-state index in [2.05, 4.69) is 264 Å². The number of hydrogen-bond acceptors (Lipinski definition) is 1. The molecule has 0 aliphatic heterocycles. The van der Waals surface area contributed by atoms with Crippen LogP contribution in [0.15, 0.2) is 194 Å². The summed E-state index contributed by atoms with van der Waals surface area (Å²) in [5, 5.41) is 2.45. The van der Waals surface area contributed by atoms with Gasteiger partial charge in [-0.15, -0.1) is 0 Å². The second-order valence-electron chi connectivity index (χ2n) is 18.2. The fraction of sp³-hybridized carbons (Fsp3) is 0.136. The van der Waals surface area contributed by atoms with Crippen molar-refractivity contribution in [3.05, 3.63) is 250 Å². The molecule has 0 amide bonds. The highest BCUT2D eigenvalue weighted by Gasteiger charge is 2.22. The number of benzene rings is 5. The summed E-state index contributed by atoms with van der Waals surface area (Å²) >= 11 is 0. The normalized spacial score (nSPS) is 13.6. The average Bonchev–Trinajstić information content (AvgIpc) is 3.75. The summed E-state index contributed by atoms with van der Waals surface area (Å²) in [5.74, 6) is 0. The number of rotatable bonds is 13. The zero-order valence-electron chi connectivity index (χ0n) is 41.1. The molecule has 0 unspecified atom stereocenters. The minimum absolute atomic E-state index is 0.826. The Bertz CT molecular complexity index is 3490. The first-order valence-corrected chi connectivity index (χ1v) is 24.2. The summed E-state index contributed by atoms with van der Waals surface area (Å²) < 4.78 is 4.92. The highest BCUT2D eigenvalue weighted by molar-refractivity contribution is 5.98. The first-order chi connectivity index (χ1) is 33.6. The molecule has 3 heterocycles. The van der Waals surface area contributed by atoms with Crippen LogP contribution in [0, 0.1) is 13.8 Å². The second-order valence-corrected chi connectivity index (χ2v) is 18.2. The monoisotopic (exact) mass is 895 g/mol. The number of nitrogens with zero attached hydrogens (tertiary/aromatic N) is 3. The van der Waals surface area contributed by atoms with E-state index in [-0.39, 0.29) is 0 Å². The molecule has 3 heteroatoms. The Balaban J connectivity index is 1.28. The van der Waals surface area contributed by atoms with Crippen molar-refractivity contribution < 1.29 is 0 Å². The molecule has 69 heavy (non-hydrogen) atoms. The molecular weight excluding hydrogens is 835 g/mol. The molecule has 9 rings (SSSR count). The maximum Gasteiger partial charge on any atom is 0.0715 e. The van der Waals surface area contributed by atoms with Gasteiger partial charge in [-0.2, -0.15) is 0 Å². The van der Waals surface area contributed by atoms with Crippen LogP contribution < -0.4 is 0 Å². The van der Waals surface area contributed by atoms with Gasteiger partial charge < -0.3 is 9.13 Å². The number of allylic oxidation sites excluding steroid dienone is 13. The van der Waals surface area contributed by atoms with Crippen molar-refractivity contribution in [2.75, 3.05) is 0 Å². The van der Waals surface area contributed by atoms with Gasteiger partial charge in [0.15, 0.2) is 0 Å². The average molecular weight is 896 g/mol. The van der Waals surface area contributed by atoms with Crippen LogP contribution in [0.4, 0.5) is 0 Å². The van der Waals surface area contributed by atoms with E-state index < -0.39 is 0 Å². The van der Waals surface area contributed by atoms with Crippen molar-refractivity contribution in [3.63, 3.8) is 0 Å². The van der Waals surface area contributed by atoms with Gasteiger partial charge in [0, 0.05) is 50.8 Å². The Morgan fingerprint density at radius 1 is 0.710 bits per heavy atom. The summed E-state index contributed by atoms with van der Waals surface area (Å²) in [5.41, 5.74) is 22.8. The summed E-state index contributed by atoms with van der Waals surface area (Å²) in [6.07, 6.45) is 30.5. The number of fused-ring (bicyclic) bond motifs is 4. The Hall–Kier alpha value is -8.01. The van der Waals surface area contributed by atoms with Crippen LogP contribution in [-0.2, 0) is 6.42 Å². The van der Waals surface area contributed by atoms with E-state index in [9.17, 15) is 0 Å². The van der Waals surface area contributed by atoms with Gasteiger partial charge in [0.1, 0.15) is 0 Å². The minimum Gasteiger partial charge on any atom is -0.313 e. The van der Waals surface area contributed by atoms with E-state index in [1.165, 1.54) is 55.4 Å². The van der Waals surface area contributed by atoms with Gasteiger partial charge >= 0.3 is 0 Å². The van der Waals surface area contributed by atoms with Crippen molar-refractivity contribution >= 4 is 62.8 Å². The molecule has 0 atom stereocenters. The van der Waals surface area contributed by atoms with E-state index in [1.54, 1.807) is 0 Å². The van der Waals surface area contributed by atoms with Crippen LogP contribution in [0.3, 0.4) is 0 Å². The maximum atomic E-state index is 5.31. The summed E-state index contributed by atoms with van der Waals surface area (Å²) in [6, 6.07) is 46.1. The lowest BCUT2D eigenvalue weighted by Crippen LogP contribution is -2.06. The van der Waals surface area contributed by atoms with Crippen LogP contribution in [0.1, 0.15) is 97.1 Å². The van der Waals surface area contributed by atoms with Gasteiger partial charge in [0.05, 0.1) is 33.8 Å². The summed E-state index contributed by atoms with van der Waals surface area (Å²) in [4.78, 5) is 5.31. The largest absolute Gasteiger partial charge is 0.313 e. The minimum atomic E-state index is 0.826.